The third kappa shape index (κ3) is 3.69. The molecule has 3 aliphatic rings. The molecule has 0 spiro atoms. The summed E-state index contributed by atoms with van der Waals surface area (Å²) in [6.45, 7) is 3.25. The zero-order chi connectivity index (χ0) is 19.7. The van der Waals surface area contributed by atoms with Crippen LogP contribution in [0.3, 0.4) is 0 Å². The van der Waals surface area contributed by atoms with E-state index in [0.29, 0.717) is 18.4 Å². The van der Waals surface area contributed by atoms with Crippen LogP contribution in [0.2, 0.25) is 0 Å². The summed E-state index contributed by atoms with van der Waals surface area (Å²) in [5.41, 5.74) is 1.05. The Morgan fingerprint density at radius 2 is 1.86 bits per heavy atom. The van der Waals surface area contributed by atoms with E-state index in [0.717, 1.165) is 12.1 Å². The number of benzene rings is 1. The van der Waals surface area contributed by atoms with E-state index in [4.69, 9.17) is 0 Å². The fourth-order valence-corrected chi connectivity index (χ4v) is 5.71. The largest absolute Gasteiger partial charge is 0.345 e. The third-order valence-electron chi connectivity index (χ3n) is 7.16. The smallest absolute Gasteiger partial charge is 0.228 e. The number of amides is 2. The number of carbonyl (C=O) groups is 2. The van der Waals surface area contributed by atoms with Gasteiger partial charge in [-0.1, -0.05) is 36.8 Å². The Balaban J connectivity index is 1.47. The van der Waals surface area contributed by atoms with Crippen LogP contribution in [0.15, 0.2) is 30.3 Å². The highest BCUT2D eigenvalue weighted by molar-refractivity contribution is 5.90. The number of nitrogens with zero attached hydrogens (tertiary/aromatic N) is 3. The van der Waals surface area contributed by atoms with Gasteiger partial charge in [0.25, 0.3) is 0 Å². The van der Waals surface area contributed by atoms with E-state index >= 15 is 0 Å². The van der Waals surface area contributed by atoms with Crippen molar-refractivity contribution in [3.63, 3.8) is 0 Å². The second-order valence-electron chi connectivity index (χ2n) is 8.89. The highest BCUT2D eigenvalue weighted by Gasteiger charge is 2.44. The SMILES string of the molecule is CN(C[C@@H]1CCCN2CCCC[C@H]12)C(=O)C1CC(=O)N(C)C1c1ccccc1. The molecule has 3 aliphatic heterocycles. The van der Waals surface area contributed by atoms with Crippen LogP contribution < -0.4 is 0 Å². The zero-order valence-electron chi connectivity index (χ0n) is 17.2. The van der Waals surface area contributed by atoms with Crippen molar-refractivity contribution in [2.75, 3.05) is 33.7 Å². The quantitative estimate of drug-likeness (QED) is 0.803. The minimum Gasteiger partial charge on any atom is -0.345 e. The summed E-state index contributed by atoms with van der Waals surface area (Å²) in [6, 6.07) is 10.5. The summed E-state index contributed by atoms with van der Waals surface area (Å²) >= 11 is 0. The van der Waals surface area contributed by atoms with Crippen molar-refractivity contribution in [3.05, 3.63) is 35.9 Å². The van der Waals surface area contributed by atoms with Crippen molar-refractivity contribution >= 4 is 11.8 Å². The van der Waals surface area contributed by atoms with E-state index < -0.39 is 0 Å². The average molecular weight is 384 g/mol. The molecule has 3 heterocycles. The Labute approximate surface area is 168 Å². The second kappa shape index (κ2) is 8.24. The number of fused-ring (bicyclic) bond motifs is 1. The molecule has 2 unspecified atom stereocenters. The van der Waals surface area contributed by atoms with Gasteiger partial charge in [0, 0.05) is 33.1 Å². The molecule has 152 valence electrons. The van der Waals surface area contributed by atoms with Crippen molar-refractivity contribution in [2.24, 2.45) is 11.8 Å². The number of carbonyl (C=O) groups excluding carboxylic acids is 2. The van der Waals surface area contributed by atoms with Crippen LogP contribution in [-0.4, -0.2) is 66.3 Å². The number of rotatable bonds is 4. The summed E-state index contributed by atoms with van der Waals surface area (Å²) in [5.74, 6) is 0.472. The predicted octanol–water partition coefficient (Wildman–Crippen LogP) is 2.93. The van der Waals surface area contributed by atoms with E-state index in [9.17, 15) is 9.59 Å². The summed E-state index contributed by atoms with van der Waals surface area (Å²) < 4.78 is 0. The molecule has 4 atom stereocenters. The van der Waals surface area contributed by atoms with Gasteiger partial charge in [0.15, 0.2) is 0 Å². The molecule has 5 heteroatoms. The number of likely N-dealkylation sites (tertiary alicyclic amines) is 1. The molecular formula is C23H33N3O2. The Morgan fingerprint density at radius 3 is 2.64 bits per heavy atom. The van der Waals surface area contributed by atoms with Gasteiger partial charge in [-0.3, -0.25) is 9.59 Å². The Kier molecular flexibility index (Phi) is 5.72. The Morgan fingerprint density at radius 1 is 1.11 bits per heavy atom. The number of piperidine rings is 2. The van der Waals surface area contributed by atoms with Crippen LogP contribution in [0, 0.1) is 11.8 Å². The van der Waals surface area contributed by atoms with Gasteiger partial charge in [-0.15, -0.1) is 0 Å². The minimum atomic E-state index is -0.282. The lowest BCUT2D eigenvalue weighted by Gasteiger charge is -2.45. The number of hydrogen-bond acceptors (Lipinski definition) is 3. The van der Waals surface area contributed by atoms with Crippen LogP contribution >= 0.6 is 0 Å². The van der Waals surface area contributed by atoms with E-state index in [1.54, 1.807) is 4.90 Å². The molecule has 0 N–H and O–H groups in total. The van der Waals surface area contributed by atoms with Gasteiger partial charge in [-0.05, 0) is 50.3 Å². The molecule has 1 aromatic carbocycles. The fraction of sp³-hybridized carbons (Fsp3) is 0.652. The van der Waals surface area contributed by atoms with Gasteiger partial charge in [0.2, 0.25) is 11.8 Å². The van der Waals surface area contributed by atoms with E-state index in [2.05, 4.69) is 4.90 Å². The molecule has 5 nitrogen and oxygen atoms in total. The lowest BCUT2D eigenvalue weighted by Crippen LogP contribution is -2.51. The van der Waals surface area contributed by atoms with Crippen molar-refractivity contribution < 1.29 is 9.59 Å². The highest BCUT2D eigenvalue weighted by Crippen LogP contribution is 2.38. The first kappa shape index (κ1) is 19.4. The molecule has 0 aliphatic carbocycles. The molecule has 3 saturated heterocycles. The lowest BCUT2D eigenvalue weighted by atomic mass is 9.83. The second-order valence-corrected chi connectivity index (χ2v) is 8.89. The van der Waals surface area contributed by atoms with Crippen molar-refractivity contribution in [2.45, 2.75) is 50.6 Å². The van der Waals surface area contributed by atoms with Gasteiger partial charge < -0.3 is 14.7 Å². The van der Waals surface area contributed by atoms with E-state index in [1.165, 1.54) is 45.2 Å². The predicted molar refractivity (Wildman–Crippen MR) is 110 cm³/mol. The summed E-state index contributed by atoms with van der Waals surface area (Å²) in [7, 11) is 3.77. The Hall–Kier alpha value is -1.88. The van der Waals surface area contributed by atoms with Gasteiger partial charge in [0.1, 0.15) is 0 Å². The topological polar surface area (TPSA) is 43.9 Å². The monoisotopic (exact) mass is 383 g/mol. The first-order valence-corrected chi connectivity index (χ1v) is 10.9. The van der Waals surface area contributed by atoms with Crippen molar-refractivity contribution in [3.8, 4) is 0 Å². The van der Waals surface area contributed by atoms with Crippen molar-refractivity contribution in [1.29, 1.82) is 0 Å². The van der Waals surface area contributed by atoms with Crippen LogP contribution in [0.4, 0.5) is 0 Å². The molecular weight excluding hydrogens is 350 g/mol. The van der Waals surface area contributed by atoms with Gasteiger partial charge in [0.05, 0.1) is 12.0 Å². The standard InChI is InChI=1S/C23H33N3O2/c1-24(16-18-11-8-14-26-13-7-6-12-20(18)26)23(28)19-15-21(27)25(2)22(19)17-9-4-3-5-10-17/h3-5,9-10,18-20,22H,6-8,11-16H2,1-2H3/t18-,19?,20+,22?/m0/s1. The molecule has 0 bridgehead atoms. The van der Waals surface area contributed by atoms with Crippen LogP contribution in [0.5, 0.6) is 0 Å². The van der Waals surface area contributed by atoms with Crippen LogP contribution in [0.25, 0.3) is 0 Å². The minimum absolute atomic E-state index is 0.0664. The fourth-order valence-electron chi connectivity index (χ4n) is 5.71. The molecule has 0 aromatic heterocycles. The number of hydrogen-bond donors (Lipinski definition) is 0. The maximum atomic E-state index is 13.4. The maximum absolute atomic E-state index is 13.4. The summed E-state index contributed by atoms with van der Waals surface area (Å²) in [6.07, 6.45) is 6.66. The van der Waals surface area contributed by atoms with Gasteiger partial charge in [-0.25, -0.2) is 0 Å². The van der Waals surface area contributed by atoms with Crippen LogP contribution in [-0.2, 0) is 9.59 Å². The maximum Gasteiger partial charge on any atom is 0.228 e. The first-order chi connectivity index (χ1) is 13.6. The van der Waals surface area contributed by atoms with E-state index in [-0.39, 0.29) is 23.8 Å². The summed E-state index contributed by atoms with van der Waals surface area (Å²) in [4.78, 5) is 32.1. The van der Waals surface area contributed by atoms with E-state index in [1.807, 2.05) is 49.3 Å². The molecule has 1 aromatic rings. The molecule has 0 radical (unpaired) electrons. The molecule has 3 fully saturated rings. The van der Waals surface area contributed by atoms with Crippen molar-refractivity contribution in [1.82, 2.24) is 14.7 Å². The molecule has 4 rings (SSSR count). The zero-order valence-corrected chi connectivity index (χ0v) is 17.2. The average Bonchev–Trinajstić information content (AvgIpc) is 3.03. The first-order valence-electron chi connectivity index (χ1n) is 10.9. The molecule has 2 amide bonds. The molecule has 28 heavy (non-hydrogen) atoms. The Bertz CT molecular complexity index is 705. The lowest BCUT2D eigenvalue weighted by molar-refractivity contribution is -0.136. The normalized spacial score (nSPS) is 30.9. The summed E-state index contributed by atoms with van der Waals surface area (Å²) in [5, 5.41) is 0. The third-order valence-corrected chi connectivity index (χ3v) is 7.16. The van der Waals surface area contributed by atoms with Gasteiger partial charge >= 0.3 is 0 Å². The molecule has 0 saturated carbocycles. The highest BCUT2D eigenvalue weighted by atomic mass is 16.2. The van der Waals surface area contributed by atoms with Gasteiger partial charge in [-0.2, -0.15) is 0 Å². The van der Waals surface area contributed by atoms with Crippen LogP contribution in [0.1, 0.15) is 50.1 Å².